The molecule has 1 aliphatic carbocycles. The molecule has 23 heavy (non-hydrogen) atoms. The topological polar surface area (TPSA) is 26.0 Å². The molecule has 0 heterocycles. The van der Waals surface area contributed by atoms with E-state index in [-0.39, 0.29) is 11.2 Å². The van der Waals surface area contributed by atoms with Crippen molar-refractivity contribution in [2.75, 3.05) is 5.73 Å². The normalized spacial score (nSPS) is 14.4. The van der Waals surface area contributed by atoms with E-state index in [1.54, 1.807) is 6.07 Å². The molecular weight excluding hydrogens is 285 g/mol. The summed E-state index contributed by atoms with van der Waals surface area (Å²) in [5, 5.41) is 0. The number of halogens is 1. The van der Waals surface area contributed by atoms with Crippen LogP contribution in [0.5, 0.6) is 0 Å². The van der Waals surface area contributed by atoms with E-state index in [0.29, 0.717) is 5.69 Å². The predicted octanol–water partition coefficient (Wildman–Crippen LogP) is 5.38. The molecule has 1 nitrogen and oxygen atoms in total. The van der Waals surface area contributed by atoms with Gasteiger partial charge in [0.05, 0.1) is 0 Å². The van der Waals surface area contributed by atoms with E-state index in [4.69, 9.17) is 5.73 Å². The summed E-state index contributed by atoms with van der Waals surface area (Å²) in [4.78, 5) is 0. The summed E-state index contributed by atoms with van der Waals surface area (Å²) in [6, 6.07) is 19.5. The van der Waals surface area contributed by atoms with Crippen molar-refractivity contribution in [2.45, 2.75) is 19.3 Å². The zero-order chi connectivity index (χ0) is 16.2. The first-order valence-electron chi connectivity index (χ1n) is 7.78. The van der Waals surface area contributed by atoms with Crippen molar-refractivity contribution < 1.29 is 4.39 Å². The number of rotatable bonds is 1. The van der Waals surface area contributed by atoms with Crippen LogP contribution < -0.4 is 5.73 Å². The first-order valence-corrected chi connectivity index (χ1v) is 7.78. The lowest BCUT2D eigenvalue weighted by molar-refractivity contribution is 0.629. The second-order valence-corrected chi connectivity index (χ2v) is 6.67. The minimum absolute atomic E-state index is 0.0548. The van der Waals surface area contributed by atoms with Crippen molar-refractivity contribution in [3.05, 3.63) is 77.6 Å². The molecule has 0 saturated carbocycles. The van der Waals surface area contributed by atoms with Crippen LogP contribution in [0.15, 0.2) is 60.7 Å². The highest BCUT2D eigenvalue weighted by molar-refractivity contribution is 5.92. The van der Waals surface area contributed by atoms with E-state index in [1.807, 2.05) is 18.2 Å². The Balaban J connectivity index is 2.06. The number of anilines is 1. The predicted molar refractivity (Wildman–Crippen MR) is 93.8 cm³/mol. The fourth-order valence-corrected chi connectivity index (χ4v) is 3.76. The average Bonchev–Trinajstić information content (AvgIpc) is 2.75. The molecule has 1 aliphatic rings. The molecule has 114 valence electrons. The number of benzene rings is 3. The minimum Gasteiger partial charge on any atom is -0.399 e. The number of nitrogens with two attached hydrogens (primary N) is 1. The molecule has 0 radical (unpaired) electrons. The maximum absolute atomic E-state index is 13.8. The van der Waals surface area contributed by atoms with Crippen LogP contribution in [-0.4, -0.2) is 0 Å². The molecule has 0 atom stereocenters. The van der Waals surface area contributed by atoms with Gasteiger partial charge in [-0.15, -0.1) is 0 Å². The lowest BCUT2D eigenvalue weighted by atomic mass is 9.82. The summed E-state index contributed by atoms with van der Waals surface area (Å²) < 4.78 is 13.8. The van der Waals surface area contributed by atoms with Gasteiger partial charge in [-0.3, -0.25) is 0 Å². The van der Waals surface area contributed by atoms with Crippen LogP contribution in [0.1, 0.15) is 25.0 Å². The molecule has 4 rings (SSSR count). The lowest BCUT2D eigenvalue weighted by Crippen LogP contribution is -2.14. The van der Waals surface area contributed by atoms with E-state index < -0.39 is 0 Å². The van der Waals surface area contributed by atoms with Gasteiger partial charge in [-0.25, -0.2) is 4.39 Å². The molecule has 0 spiro atoms. The number of hydrogen-bond acceptors (Lipinski definition) is 1. The molecule has 0 aromatic heterocycles. The lowest BCUT2D eigenvalue weighted by Gasteiger charge is -2.21. The molecule has 0 fully saturated rings. The van der Waals surface area contributed by atoms with Crippen LogP contribution >= 0.6 is 0 Å². The molecule has 0 amide bonds. The quantitative estimate of drug-likeness (QED) is 0.600. The van der Waals surface area contributed by atoms with Gasteiger partial charge in [0.2, 0.25) is 0 Å². The zero-order valence-corrected chi connectivity index (χ0v) is 13.2. The van der Waals surface area contributed by atoms with Crippen LogP contribution in [0.25, 0.3) is 22.3 Å². The molecule has 0 aliphatic heterocycles. The number of nitrogen functional groups attached to an aromatic ring is 1. The Morgan fingerprint density at radius 3 is 2.30 bits per heavy atom. The summed E-state index contributed by atoms with van der Waals surface area (Å²) in [6.45, 7) is 4.47. The Labute approximate surface area is 135 Å². The van der Waals surface area contributed by atoms with Crippen molar-refractivity contribution in [2.24, 2.45) is 0 Å². The second kappa shape index (κ2) is 4.69. The highest BCUT2D eigenvalue weighted by Gasteiger charge is 2.36. The second-order valence-electron chi connectivity index (χ2n) is 6.67. The Bertz CT molecular complexity index is 905. The van der Waals surface area contributed by atoms with Gasteiger partial charge in [0.1, 0.15) is 5.82 Å². The van der Waals surface area contributed by atoms with Gasteiger partial charge in [0, 0.05) is 11.1 Å². The Morgan fingerprint density at radius 2 is 1.52 bits per heavy atom. The number of hydrogen-bond donors (Lipinski definition) is 1. The smallest absolute Gasteiger partial charge is 0.125 e. The molecule has 0 unspecified atom stereocenters. The van der Waals surface area contributed by atoms with E-state index in [2.05, 4.69) is 44.2 Å². The highest BCUT2D eigenvalue weighted by atomic mass is 19.1. The largest absolute Gasteiger partial charge is 0.399 e. The summed E-state index contributed by atoms with van der Waals surface area (Å²) in [5.74, 6) is -0.303. The number of fused-ring (bicyclic) bond motifs is 3. The third kappa shape index (κ3) is 1.98. The van der Waals surface area contributed by atoms with Crippen LogP contribution in [0, 0.1) is 5.82 Å². The monoisotopic (exact) mass is 303 g/mol. The van der Waals surface area contributed by atoms with E-state index in [1.165, 1.54) is 28.3 Å². The van der Waals surface area contributed by atoms with E-state index >= 15 is 0 Å². The van der Waals surface area contributed by atoms with Gasteiger partial charge < -0.3 is 5.73 Å². The summed E-state index contributed by atoms with van der Waals surface area (Å²) in [6.07, 6.45) is 0. The highest BCUT2D eigenvalue weighted by Crippen LogP contribution is 2.51. The van der Waals surface area contributed by atoms with Crippen molar-refractivity contribution >= 4 is 5.69 Å². The third-order valence-corrected chi connectivity index (χ3v) is 4.84. The molecule has 3 aromatic carbocycles. The maximum atomic E-state index is 13.8. The van der Waals surface area contributed by atoms with Crippen molar-refractivity contribution in [1.82, 2.24) is 0 Å². The van der Waals surface area contributed by atoms with Gasteiger partial charge in [-0.05, 0) is 51.6 Å². The summed E-state index contributed by atoms with van der Waals surface area (Å²) >= 11 is 0. The standard InChI is InChI=1S/C21H18FN/c1-21(2)18-8-4-3-6-17(18)20-16(7-5-9-19(20)21)13-10-14(22)12-15(23)11-13/h3-12H,23H2,1-2H3. The first-order chi connectivity index (χ1) is 11.0. The molecule has 0 saturated heterocycles. The molecule has 2 N–H and O–H groups in total. The van der Waals surface area contributed by atoms with Crippen molar-refractivity contribution in [1.29, 1.82) is 0 Å². The van der Waals surface area contributed by atoms with Gasteiger partial charge >= 0.3 is 0 Å². The van der Waals surface area contributed by atoms with Gasteiger partial charge in [0.15, 0.2) is 0 Å². The summed E-state index contributed by atoms with van der Waals surface area (Å²) in [7, 11) is 0. The van der Waals surface area contributed by atoms with Crippen molar-refractivity contribution in [3.63, 3.8) is 0 Å². The average molecular weight is 303 g/mol. The minimum atomic E-state index is -0.303. The fourth-order valence-electron chi connectivity index (χ4n) is 3.76. The zero-order valence-electron chi connectivity index (χ0n) is 13.2. The molecular formula is C21H18FN. The third-order valence-electron chi connectivity index (χ3n) is 4.84. The van der Waals surface area contributed by atoms with Gasteiger partial charge in [-0.1, -0.05) is 56.3 Å². The molecule has 0 bridgehead atoms. The van der Waals surface area contributed by atoms with Gasteiger partial charge in [0.25, 0.3) is 0 Å². The van der Waals surface area contributed by atoms with E-state index in [9.17, 15) is 4.39 Å². The summed E-state index contributed by atoms with van der Waals surface area (Å²) in [5.41, 5.74) is 13.1. The Kier molecular flexibility index (Phi) is 2.86. The van der Waals surface area contributed by atoms with Crippen LogP contribution in [-0.2, 0) is 5.41 Å². The Morgan fingerprint density at radius 1 is 0.826 bits per heavy atom. The van der Waals surface area contributed by atoms with Gasteiger partial charge in [-0.2, -0.15) is 0 Å². The van der Waals surface area contributed by atoms with Crippen LogP contribution in [0.4, 0.5) is 10.1 Å². The van der Waals surface area contributed by atoms with Crippen LogP contribution in [0.3, 0.4) is 0 Å². The molecule has 3 aromatic rings. The fraction of sp³-hybridized carbons (Fsp3) is 0.143. The van der Waals surface area contributed by atoms with Crippen molar-refractivity contribution in [3.8, 4) is 22.3 Å². The maximum Gasteiger partial charge on any atom is 0.125 e. The SMILES string of the molecule is CC1(C)c2ccccc2-c2c(-c3cc(N)cc(F)c3)cccc21. The molecule has 2 heteroatoms. The Hall–Kier alpha value is -2.61. The van der Waals surface area contributed by atoms with Crippen LogP contribution in [0.2, 0.25) is 0 Å². The van der Waals surface area contributed by atoms with E-state index in [0.717, 1.165) is 11.1 Å². The first kappa shape index (κ1) is 14.0.